The van der Waals surface area contributed by atoms with E-state index >= 15 is 0 Å². The van der Waals surface area contributed by atoms with E-state index in [1.807, 2.05) is 45.3 Å². The summed E-state index contributed by atoms with van der Waals surface area (Å²) >= 11 is 3.58. The number of carbonyl (C=O) groups is 1. The second-order valence-corrected chi connectivity index (χ2v) is 8.65. The fraction of sp³-hybridized carbons (Fsp3) is 0.381. The van der Waals surface area contributed by atoms with Gasteiger partial charge in [0.15, 0.2) is 11.5 Å². The molecule has 4 aromatic rings. The van der Waals surface area contributed by atoms with Crippen LogP contribution in [0.1, 0.15) is 13.8 Å². The number of hydrogen-bond acceptors (Lipinski definition) is 7. The highest BCUT2D eigenvalue weighted by atomic mass is 79.9. The van der Waals surface area contributed by atoms with Crippen molar-refractivity contribution in [2.45, 2.75) is 19.9 Å². The molecule has 3 aromatic heterocycles. The fourth-order valence-electron chi connectivity index (χ4n) is 3.41. The van der Waals surface area contributed by atoms with Crippen molar-refractivity contribution in [3.8, 4) is 11.4 Å². The first kappa shape index (κ1) is 22.2. The largest absolute Gasteiger partial charge is 0.383 e. The molecule has 0 saturated carbocycles. The number of nitrogens with one attached hydrogen (secondary N) is 2. The molecule has 3 heterocycles. The second-order valence-electron chi connectivity index (χ2n) is 7.79. The molecule has 0 unspecified atom stereocenters. The van der Waals surface area contributed by atoms with Gasteiger partial charge in [-0.2, -0.15) is 9.61 Å². The Labute approximate surface area is 193 Å². The van der Waals surface area contributed by atoms with Crippen LogP contribution in [0.4, 0.5) is 5.95 Å². The lowest BCUT2D eigenvalue weighted by Gasteiger charge is -2.22. The van der Waals surface area contributed by atoms with Crippen molar-refractivity contribution in [1.82, 2.24) is 34.7 Å². The van der Waals surface area contributed by atoms with E-state index in [9.17, 15) is 4.79 Å². The van der Waals surface area contributed by atoms with Gasteiger partial charge in [0.1, 0.15) is 6.04 Å². The van der Waals surface area contributed by atoms with Crippen molar-refractivity contribution in [2.75, 3.05) is 25.6 Å². The molecule has 32 heavy (non-hydrogen) atoms. The first-order chi connectivity index (χ1) is 15.4. The van der Waals surface area contributed by atoms with Crippen LogP contribution in [0, 0.1) is 5.92 Å². The second kappa shape index (κ2) is 9.21. The summed E-state index contributed by atoms with van der Waals surface area (Å²) in [7, 11) is 3.44. The number of rotatable bonds is 8. The zero-order valence-corrected chi connectivity index (χ0v) is 19.9. The highest BCUT2D eigenvalue weighted by molar-refractivity contribution is 9.10. The SMILES string of the molecule is COCCNC(=O)[C@H](Nc1nc2c(Br)cccc2c2nc(-c3cnn(C)c3)nn12)C(C)C. The molecule has 0 aliphatic rings. The van der Waals surface area contributed by atoms with Gasteiger partial charge < -0.3 is 15.4 Å². The molecule has 10 nitrogen and oxygen atoms in total. The van der Waals surface area contributed by atoms with E-state index in [4.69, 9.17) is 14.7 Å². The molecule has 1 amide bonds. The van der Waals surface area contributed by atoms with Crippen molar-refractivity contribution in [3.63, 3.8) is 0 Å². The summed E-state index contributed by atoms with van der Waals surface area (Å²) in [5.74, 6) is 0.834. The summed E-state index contributed by atoms with van der Waals surface area (Å²) in [6, 6.07) is 5.28. The zero-order valence-electron chi connectivity index (χ0n) is 18.3. The molecule has 168 valence electrons. The van der Waals surface area contributed by atoms with Crippen LogP contribution in [0.3, 0.4) is 0 Å². The number of para-hydroxylation sites is 1. The van der Waals surface area contributed by atoms with Crippen LogP contribution in [-0.4, -0.2) is 61.6 Å². The molecule has 0 fully saturated rings. The molecular weight excluding hydrogens is 476 g/mol. The van der Waals surface area contributed by atoms with Crippen molar-refractivity contribution < 1.29 is 9.53 Å². The van der Waals surface area contributed by atoms with E-state index < -0.39 is 6.04 Å². The highest BCUT2D eigenvalue weighted by Crippen LogP contribution is 2.29. The number of nitrogens with zero attached hydrogens (tertiary/aromatic N) is 6. The third-order valence-electron chi connectivity index (χ3n) is 5.06. The van der Waals surface area contributed by atoms with Crippen LogP contribution in [0.15, 0.2) is 35.1 Å². The van der Waals surface area contributed by atoms with E-state index in [0.29, 0.717) is 30.6 Å². The van der Waals surface area contributed by atoms with Gasteiger partial charge >= 0.3 is 0 Å². The molecule has 0 bridgehead atoms. The molecule has 1 aromatic carbocycles. The minimum atomic E-state index is -0.520. The van der Waals surface area contributed by atoms with Gasteiger partial charge in [0, 0.05) is 36.8 Å². The van der Waals surface area contributed by atoms with E-state index in [1.165, 1.54) is 0 Å². The number of benzene rings is 1. The number of methoxy groups -OCH3 is 1. The molecule has 0 radical (unpaired) electrons. The molecule has 0 spiro atoms. The maximum atomic E-state index is 12.8. The van der Waals surface area contributed by atoms with E-state index in [-0.39, 0.29) is 11.8 Å². The summed E-state index contributed by atoms with van der Waals surface area (Å²) < 4.78 is 9.21. The monoisotopic (exact) mass is 500 g/mol. The average molecular weight is 501 g/mol. The third-order valence-corrected chi connectivity index (χ3v) is 5.70. The van der Waals surface area contributed by atoms with Gasteiger partial charge in [-0.3, -0.25) is 9.48 Å². The first-order valence-electron chi connectivity index (χ1n) is 10.3. The Kier molecular flexibility index (Phi) is 6.38. The summed E-state index contributed by atoms with van der Waals surface area (Å²) in [4.78, 5) is 22.4. The predicted octanol–water partition coefficient (Wildman–Crippen LogP) is 2.64. The number of ether oxygens (including phenoxy) is 1. The third kappa shape index (κ3) is 4.30. The zero-order chi connectivity index (χ0) is 22.8. The minimum absolute atomic E-state index is 0.00520. The number of fused-ring (bicyclic) bond motifs is 3. The van der Waals surface area contributed by atoms with Crippen LogP contribution >= 0.6 is 15.9 Å². The Bertz CT molecular complexity index is 1270. The standard InChI is InChI=1S/C21H25BrN8O2/c1-12(2)16(20(31)23-8-9-32-4)25-21-26-17-14(6-5-7-15(17)22)19-27-18(28-30(19)21)13-10-24-29(3)11-13/h5-7,10-12,16H,8-9H2,1-4H3,(H,23,31)(H,25,26)/t16-/m1/s1. The Morgan fingerprint density at radius 3 is 2.78 bits per heavy atom. The topological polar surface area (TPSA) is 111 Å². The summed E-state index contributed by atoms with van der Waals surface area (Å²) in [6.07, 6.45) is 3.57. The average Bonchev–Trinajstić information content (AvgIpc) is 3.39. The number of carbonyl (C=O) groups excluding carboxylic acids is 1. The molecular formula is C21H25BrN8O2. The molecule has 1 atom stereocenters. The van der Waals surface area contributed by atoms with Crippen molar-refractivity contribution >= 4 is 44.3 Å². The lowest BCUT2D eigenvalue weighted by molar-refractivity contribution is -0.122. The van der Waals surface area contributed by atoms with Gasteiger partial charge in [-0.15, -0.1) is 5.10 Å². The first-order valence-corrected chi connectivity index (χ1v) is 11.1. The number of anilines is 1. The maximum Gasteiger partial charge on any atom is 0.242 e. The van der Waals surface area contributed by atoms with Gasteiger partial charge in [-0.1, -0.05) is 19.9 Å². The molecule has 0 aliphatic carbocycles. The fourth-order valence-corrected chi connectivity index (χ4v) is 3.86. The normalized spacial score (nSPS) is 12.6. The van der Waals surface area contributed by atoms with Crippen LogP contribution in [0.25, 0.3) is 27.9 Å². The number of amides is 1. The number of halogens is 1. The molecule has 2 N–H and O–H groups in total. The van der Waals surface area contributed by atoms with E-state index in [2.05, 4.69) is 36.8 Å². The smallest absolute Gasteiger partial charge is 0.242 e. The summed E-state index contributed by atoms with van der Waals surface area (Å²) in [6.45, 7) is 4.83. The summed E-state index contributed by atoms with van der Waals surface area (Å²) in [5.41, 5.74) is 2.16. The number of aryl methyl sites for hydroxylation is 1. The van der Waals surface area contributed by atoms with E-state index in [0.717, 1.165) is 20.9 Å². The van der Waals surface area contributed by atoms with Crippen molar-refractivity contribution in [2.24, 2.45) is 13.0 Å². The summed E-state index contributed by atoms with van der Waals surface area (Å²) in [5, 5.41) is 15.9. The minimum Gasteiger partial charge on any atom is -0.383 e. The lowest BCUT2D eigenvalue weighted by Crippen LogP contribution is -2.44. The number of hydrogen-bond donors (Lipinski definition) is 2. The van der Waals surface area contributed by atoms with Gasteiger partial charge in [0.25, 0.3) is 0 Å². The van der Waals surface area contributed by atoms with Crippen LogP contribution < -0.4 is 10.6 Å². The van der Waals surface area contributed by atoms with Gasteiger partial charge in [-0.05, 0) is 34.0 Å². The van der Waals surface area contributed by atoms with Crippen molar-refractivity contribution in [3.05, 3.63) is 35.1 Å². The molecule has 0 saturated heterocycles. The van der Waals surface area contributed by atoms with Crippen LogP contribution in [-0.2, 0) is 16.6 Å². The Morgan fingerprint density at radius 1 is 1.28 bits per heavy atom. The van der Waals surface area contributed by atoms with E-state index in [1.54, 1.807) is 22.5 Å². The Morgan fingerprint density at radius 2 is 2.09 bits per heavy atom. The molecule has 0 aliphatic heterocycles. The van der Waals surface area contributed by atoms with Crippen molar-refractivity contribution in [1.29, 1.82) is 0 Å². The van der Waals surface area contributed by atoms with Crippen LogP contribution in [0.2, 0.25) is 0 Å². The highest BCUT2D eigenvalue weighted by Gasteiger charge is 2.25. The predicted molar refractivity (Wildman–Crippen MR) is 125 cm³/mol. The molecule has 11 heteroatoms. The van der Waals surface area contributed by atoms with Gasteiger partial charge in [0.05, 0.1) is 23.9 Å². The van der Waals surface area contributed by atoms with Crippen LogP contribution in [0.5, 0.6) is 0 Å². The lowest BCUT2D eigenvalue weighted by atomic mass is 10.0. The maximum absolute atomic E-state index is 12.8. The quantitative estimate of drug-likeness (QED) is 0.357. The number of aromatic nitrogens is 6. The Balaban J connectivity index is 1.82. The van der Waals surface area contributed by atoms with Gasteiger partial charge in [0.2, 0.25) is 11.9 Å². The van der Waals surface area contributed by atoms with Gasteiger partial charge in [-0.25, -0.2) is 9.97 Å². The molecule has 4 rings (SSSR count). The Hall–Kier alpha value is -3.05.